The predicted molar refractivity (Wildman–Crippen MR) is 76.8 cm³/mol. The molecule has 0 saturated carbocycles. The van der Waals surface area contributed by atoms with Gasteiger partial charge in [-0.1, -0.05) is 17.5 Å². The smallest absolute Gasteiger partial charge is 0.341 e. The highest BCUT2D eigenvalue weighted by atomic mass is 32.1. The first-order valence-electron chi connectivity index (χ1n) is 6.17. The molecular formula is C13H13N3O4S. The molecule has 1 amide bonds. The number of benzene rings is 1. The van der Waals surface area contributed by atoms with Gasteiger partial charge >= 0.3 is 5.97 Å². The van der Waals surface area contributed by atoms with Crippen LogP contribution in [0.3, 0.4) is 0 Å². The molecule has 0 aliphatic rings. The number of ether oxygens (including phenoxy) is 1. The lowest BCUT2D eigenvalue weighted by Crippen LogP contribution is -2.13. The molecule has 1 aromatic heterocycles. The molecule has 0 radical (unpaired) electrons. The second-order valence-corrected chi connectivity index (χ2v) is 4.82. The van der Waals surface area contributed by atoms with Crippen molar-refractivity contribution in [2.45, 2.75) is 13.3 Å². The number of aliphatic carboxylic acids is 1. The van der Waals surface area contributed by atoms with Gasteiger partial charge in [-0.3, -0.25) is 4.79 Å². The third-order valence-electron chi connectivity index (χ3n) is 2.55. The van der Waals surface area contributed by atoms with Crippen LogP contribution in [0.1, 0.15) is 22.3 Å². The van der Waals surface area contributed by atoms with Crippen LogP contribution >= 0.6 is 11.5 Å². The quantitative estimate of drug-likeness (QED) is 0.844. The maximum Gasteiger partial charge on any atom is 0.341 e. The molecule has 0 spiro atoms. The Hall–Kier alpha value is -2.48. The number of carbonyl (C=O) groups is 2. The first-order chi connectivity index (χ1) is 10.1. The minimum atomic E-state index is -1.06. The lowest BCUT2D eigenvalue weighted by atomic mass is 10.2. The molecule has 1 aromatic carbocycles. The lowest BCUT2D eigenvalue weighted by molar-refractivity contribution is -0.139. The number of amides is 1. The van der Waals surface area contributed by atoms with Crippen LogP contribution in [0.25, 0.3) is 0 Å². The SMILES string of the molecule is CCc1nnsc1C(=O)Nc1cccc(OCC(=O)O)c1. The summed E-state index contributed by atoms with van der Waals surface area (Å²) in [7, 11) is 0. The number of aryl methyl sites for hydroxylation is 1. The zero-order valence-corrected chi connectivity index (χ0v) is 12.0. The van der Waals surface area contributed by atoms with Crippen LogP contribution in [-0.4, -0.2) is 33.2 Å². The van der Waals surface area contributed by atoms with Crippen LogP contribution in [0.2, 0.25) is 0 Å². The highest BCUT2D eigenvalue weighted by molar-refractivity contribution is 7.08. The van der Waals surface area contributed by atoms with Gasteiger partial charge in [-0.05, 0) is 30.1 Å². The zero-order valence-electron chi connectivity index (χ0n) is 11.2. The summed E-state index contributed by atoms with van der Waals surface area (Å²) in [6, 6.07) is 6.52. The van der Waals surface area contributed by atoms with Crippen molar-refractivity contribution in [1.29, 1.82) is 0 Å². The molecule has 0 unspecified atom stereocenters. The Labute approximate surface area is 124 Å². The van der Waals surface area contributed by atoms with E-state index in [1.165, 1.54) is 0 Å². The monoisotopic (exact) mass is 307 g/mol. The standard InChI is InChI=1S/C13H13N3O4S/c1-2-10-12(21-16-15-10)13(19)14-8-4-3-5-9(6-8)20-7-11(17)18/h3-6H,2,7H2,1H3,(H,14,19)(H,17,18). The van der Waals surface area contributed by atoms with Crippen LogP contribution in [-0.2, 0) is 11.2 Å². The van der Waals surface area contributed by atoms with E-state index in [1.54, 1.807) is 24.3 Å². The number of carboxylic acid groups (broad SMARTS) is 1. The van der Waals surface area contributed by atoms with Gasteiger partial charge in [0, 0.05) is 11.8 Å². The molecule has 0 atom stereocenters. The molecule has 0 fully saturated rings. The molecule has 21 heavy (non-hydrogen) atoms. The largest absolute Gasteiger partial charge is 0.482 e. The van der Waals surface area contributed by atoms with E-state index in [-0.39, 0.29) is 5.91 Å². The van der Waals surface area contributed by atoms with E-state index >= 15 is 0 Å². The van der Waals surface area contributed by atoms with Crippen molar-refractivity contribution in [3.63, 3.8) is 0 Å². The van der Waals surface area contributed by atoms with Gasteiger partial charge in [0.1, 0.15) is 10.6 Å². The fourth-order valence-corrected chi connectivity index (χ4v) is 2.25. The molecular weight excluding hydrogens is 294 g/mol. The highest BCUT2D eigenvalue weighted by Gasteiger charge is 2.15. The van der Waals surface area contributed by atoms with Gasteiger partial charge in [-0.15, -0.1) is 5.10 Å². The number of hydrogen-bond acceptors (Lipinski definition) is 6. The van der Waals surface area contributed by atoms with Crippen LogP contribution in [0, 0.1) is 0 Å². The maximum atomic E-state index is 12.1. The summed E-state index contributed by atoms with van der Waals surface area (Å²) in [5.74, 6) is -0.988. The predicted octanol–water partition coefficient (Wildman–Crippen LogP) is 1.82. The maximum absolute atomic E-state index is 12.1. The molecule has 0 saturated heterocycles. The lowest BCUT2D eigenvalue weighted by Gasteiger charge is -2.07. The summed E-state index contributed by atoms with van der Waals surface area (Å²) in [6.45, 7) is 1.46. The van der Waals surface area contributed by atoms with E-state index in [4.69, 9.17) is 9.84 Å². The number of carboxylic acids is 1. The van der Waals surface area contributed by atoms with Gasteiger partial charge in [0.05, 0.1) is 5.69 Å². The first kappa shape index (κ1) is 14.9. The Kier molecular flexibility index (Phi) is 4.83. The van der Waals surface area contributed by atoms with Crippen molar-refractivity contribution in [2.24, 2.45) is 0 Å². The van der Waals surface area contributed by atoms with E-state index in [0.29, 0.717) is 28.4 Å². The van der Waals surface area contributed by atoms with Crippen LogP contribution in [0.15, 0.2) is 24.3 Å². The summed E-state index contributed by atoms with van der Waals surface area (Å²) < 4.78 is 8.82. The van der Waals surface area contributed by atoms with Crippen LogP contribution < -0.4 is 10.1 Å². The van der Waals surface area contributed by atoms with Gasteiger partial charge in [-0.25, -0.2) is 4.79 Å². The fraction of sp³-hybridized carbons (Fsp3) is 0.231. The van der Waals surface area contributed by atoms with Crippen molar-refractivity contribution in [3.05, 3.63) is 34.8 Å². The third-order valence-corrected chi connectivity index (χ3v) is 3.32. The fourth-order valence-electron chi connectivity index (χ4n) is 1.61. The number of nitrogens with zero attached hydrogens (tertiary/aromatic N) is 2. The number of anilines is 1. The summed E-state index contributed by atoms with van der Waals surface area (Å²) in [4.78, 5) is 23.0. The molecule has 0 aliphatic carbocycles. The number of nitrogens with one attached hydrogen (secondary N) is 1. The molecule has 2 rings (SSSR count). The second kappa shape index (κ2) is 6.80. The third kappa shape index (κ3) is 3.99. The number of rotatable bonds is 6. The molecule has 8 heteroatoms. The molecule has 7 nitrogen and oxygen atoms in total. The van der Waals surface area contributed by atoms with E-state index in [0.717, 1.165) is 11.5 Å². The molecule has 2 aromatic rings. The Morgan fingerprint density at radius 3 is 2.95 bits per heavy atom. The van der Waals surface area contributed by atoms with Gasteiger partial charge in [0.25, 0.3) is 5.91 Å². The van der Waals surface area contributed by atoms with Gasteiger partial charge in [0.15, 0.2) is 6.61 Å². The summed E-state index contributed by atoms with van der Waals surface area (Å²) in [6.07, 6.45) is 0.626. The molecule has 1 heterocycles. The minimum Gasteiger partial charge on any atom is -0.482 e. The molecule has 2 N–H and O–H groups in total. The Balaban J connectivity index is 2.07. The molecule has 0 bridgehead atoms. The number of hydrogen-bond donors (Lipinski definition) is 2. The Morgan fingerprint density at radius 2 is 2.24 bits per heavy atom. The van der Waals surface area contributed by atoms with Crippen molar-refractivity contribution in [2.75, 3.05) is 11.9 Å². The van der Waals surface area contributed by atoms with Crippen molar-refractivity contribution in [1.82, 2.24) is 9.59 Å². The highest BCUT2D eigenvalue weighted by Crippen LogP contribution is 2.19. The first-order valence-corrected chi connectivity index (χ1v) is 6.94. The van der Waals surface area contributed by atoms with E-state index in [1.807, 2.05) is 6.92 Å². The van der Waals surface area contributed by atoms with Gasteiger partial charge in [0.2, 0.25) is 0 Å². The second-order valence-electron chi connectivity index (χ2n) is 4.07. The average Bonchev–Trinajstić information content (AvgIpc) is 2.94. The number of aromatic nitrogens is 2. The van der Waals surface area contributed by atoms with Crippen molar-refractivity contribution >= 4 is 29.1 Å². The van der Waals surface area contributed by atoms with E-state index in [2.05, 4.69) is 14.9 Å². The minimum absolute atomic E-state index is 0.294. The average molecular weight is 307 g/mol. The normalized spacial score (nSPS) is 10.1. The number of carbonyl (C=O) groups excluding carboxylic acids is 1. The Bertz CT molecular complexity index is 656. The van der Waals surface area contributed by atoms with E-state index < -0.39 is 12.6 Å². The van der Waals surface area contributed by atoms with E-state index in [9.17, 15) is 9.59 Å². The van der Waals surface area contributed by atoms with Crippen molar-refractivity contribution < 1.29 is 19.4 Å². The van der Waals surface area contributed by atoms with Gasteiger partial charge < -0.3 is 15.2 Å². The summed E-state index contributed by atoms with van der Waals surface area (Å²) in [5, 5.41) is 15.2. The molecule has 0 aliphatic heterocycles. The molecule has 110 valence electrons. The van der Waals surface area contributed by atoms with Crippen molar-refractivity contribution in [3.8, 4) is 5.75 Å². The van der Waals surface area contributed by atoms with Crippen LogP contribution in [0.5, 0.6) is 5.75 Å². The summed E-state index contributed by atoms with van der Waals surface area (Å²) >= 11 is 1.04. The zero-order chi connectivity index (χ0) is 15.2. The van der Waals surface area contributed by atoms with Gasteiger partial charge in [-0.2, -0.15) is 0 Å². The van der Waals surface area contributed by atoms with Crippen LogP contribution in [0.4, 0.5) is 5.69 Å². The summed E-state index contributed by atoms with van der Waals surface area (Å²) in [5.41, 5.74) is 1.16. The topological polar surface area (TPSA) is 101 Å². The Morgan fingerprint density at radius 1 is 1.43 bits per heavy atom.